The Morgan fingerprint density at radius 2 is 1.93 bits per heavy atom. The Hall–Kier alpha value is -2.29. The van der Waals surface area contributed by atoms with Crippen molar-refractivity contribution in [1.29, 1.82) is 0 Å². The quantitative estimate of drug-likeness (QED) is 0.501. The minimum absolute atomic E-state index is 0.200. The molecule has 1 aliphatic rings. The van der Waals surface area contributed by atoms with Crippen LogP contribution < -0.4 is 4.72 Å². The molecule has 10 heteroatoms. The Morgan fingerprint density at radius 3 is 2.64 bits per heavy atom. The number of aromatic nitrogens is 3. The Kier molecular flexibility index (Phi) is 3.88. The molecule has 0 spiro atoms. The molecule has 144 valence electrons. The molecule has 0 atom stereocenters. The first-order chi connectivity index (χ1) is 13.3. The first kappa shape index (κ1) is 17.8. The molecule has 0 amide bonds. The average Bonchev–Trinajstić information content (AvgIpc) is 3.39. The standard InChI is InChI=1S/C18H14Cl2N4O3S/c1-9-12-7-13-17(27-22-18(13)23-28(25,26)11-3-4-11)8-16(12)24(21-9)10-2-5-14(19)15(20)6-10/h2,5-8,11H,3-4H2,1H3,(H,22,23). The molecule has 2 aromatic heterocycles. The summed E-state index contributed by atoms with van der Waals surface area (Å²) in [6.45, 7) is 1.88. The second kappa shape index (κ2) is 6.10. The second-order valence-corrected chi connectivity index (χ2v) is 9.61. The number of sulfonamides is 1. The highest BCUT2D eigenvalue weighted by molar-refractivity contribution is 7.93. The molecule has 5 rings (SSSR count). The van der Waals surface area contributed by atoms with Crippen molar-refractivity contribution in [3.63, 3.8) is 0 Å². The fourth-order valence-electron chi connectivity index (χ4n) is 3.18. The summed E-state index contributed by atoms with van der Waals surface area (Å²) in [6, 6.07) is 8.88. The third kappa shape index (κ3) is 2.83. The molecular weight excluding hydrogens is 423 g/mol. The van der Waals surface area contributed by atoms with Gasteiger partial charge in [0.25, 0.3) is 0 Å². The fraction of sp³-hybridized carbons (Fsp3) is 0.222. The highest BCUT2D eigenvalue weighted by Gasteiger charge is 2.36. The summed E-state index contributed by atoms with van der Waals surface area (Å²) in [5.41, 5.74) is 2.78. The highest BCUT2D eigenvalue weighted by Crippen LogP contribution is 2.35. The van der Waals surface area contributed by atoms with E-state index in [2.05, 4.69) is 15.0 Å². The molecule has 0 bridgehead atoms. The van der Waals surface area contributed by atoms with Crippen molar-refractivity contribution in [3.8, 4) is 5.69 Å². The van der Waals surface area contributed by atoms with Gasteiger partial charge < -0.3 is 4.52 Å². The van der Waals surface area contributed by atoms with E-state index in [1.807, 2.05) is 19.1 Å². The maximum Gasteiger partial charge on any atom is 0.236 e. The van der Waals surface area contributed by atoms with Gasteiger partial charge in [0.15, 0.2) is 11.4 Å². The van der Waals surface area contributed by atoms with Crippen molar-refractivity contribution in [2.24, 2.45) is 0 Å². The minimum Gasteiger partial charge on any atom is -0.354 e. The van der Waals surface area contributed by atoms with Crippen LogP contribution in [0.15, 0.2) is 34.9 Å². The molecule has 0 radical (unpaired) electrons. The Bertz CT molecular complexity index is 1360. The number of benzene rings is 2. The van der Waals surface area contributed by atoms with E-state index in [0.29, 0.717) is 33.9 Å². The number of halogens is 2. The van der Waals surface area contributed by atoms with Crippen LogP contribution in [0.4, 0.5) is 5.82 Å². The molecule has 0 unspecified atom stereocenters. The molecule has 2 aromatic carbocycles. The third-order valence-electron chi connectivity index (χ3n) is 4.81. The number of fused-ring (bicyclic) bond motifs is 2. The summed E-state index contributed by atoms with van der Waals surface area (Å²) in [6.07, 6.45) is 1.34. The number of nitrogens with zero attached hydrogens (tertiary/aromatic N) is 3. The first-order valence-electron chi connectivity index (χ1n) is 8.59. The van der Waals surface area contributed by atoms with Crippen LogP contribution >= 0.6 is 23.2 Å². The van der Waals surface area contributed by atoms with Crippen molar-refractivity contribution in [2.75, 3.05) is 4.72 Å². The maximum absolute atomic E-state index is 12.3. The van der Waals surface area contributed by atoms with Gasteiger partial charge in [-0.3, -0.25) is 4.72 Å². The topological polar surface area (TPSA) is 90.0 Å². The van der Waals surface area contributed by atoms with Crippen LogP contribution in [0.3, 0.4) is 0 Å². The van der Waals surface area contributed by atoms with E-state index in [0.717, 1.165) is 22.3 Å². The van der Waals surface area contributed by atoms with Gasteiger partial charge in [-0.2, -0.15) is 5.10 Å². The van der Waals surface area contributed by atoms with Gasteiger partial charge in [0.1, 0.15) is 0 Å². The van der Waals surface area contributed by atoms with E-state index in [4.69, 9.17) is 27.7 Å². The molecule has 1 N–H and O–H groups in total. The molecule has 4 aromatic rings. The van der Waals surface area contributed by atoms with E-state index >= 15 is 0 Å². The maximum atomic E-state index is 12.3. The molecule has 7 nitrogen and oxygen atoms in total. The van der Waals surface area contributed by atoms with E-state index in [9.17, 15) is 8.42 Å². The van der Waals surface area contributed by atoms with Gasteiger partial charge in [-0.15, -0.1) is 0 Å². The lowest BCUT2D eigenvalue weighted by molar-refractivity contribution is 0.460. The molecule has 2 heterocycles. The summed E-state index contributed by atoms with van der Waals surface area (Å²) < 4.78 is 34.2. The molecule has 1 saturated carbocycles. The zero-order valence-corrected chi connectivity index (χ0v) is 16.9. The molecule has 1 fully saturated rings. The third-order valence-corrected chi connectivity index (χ3v) is 7.37. The highest BCUT2D eigenvalue weighted by atomic mass is 35.5. The predicted molar refractivity (Wildman–Crippen MR) is 109 cm³/mol. The van der Waals surface area contributed by atoms with Crippen molar-refractivity contribution < 1.29 is 12.9 Å². The van der Waals surface area contributed by atoms with Crippen LogP contribution in [-0.2, 0) is 10.0 Å². The zero-order chi connectivity index (χ0) is 19.6. The van der Waals surface area contributed by atoms with Crippen LogP contribution in [0.2, 0.25) is 10.0 Å². The molecule has 28 heavy (non-hydrogen) atoms. The molecule has 0 aliphatic heterocycles. The summed E-state index contributed by atoms with van der Waals surface area (Å²) in [4.78, 5) is 0. The van der Waals surface area contributed by atoms with Crippen LogP contribution in [0.1, 0.15) is 18.5 Å². The lowest BCUT2D eigenvalue weighted by Gasteiger charge is -2.05. The number of hydrogen-bond acceptors (Lipinski definition) is 5. The van der Waals surface area contributed by atoms with Gasteiger partial charge >= 0.3 is 0 Å². The number of hydrogen-bond donors (Lipinski definition) is 1. The normalized spacial score (nSPS) is 14.8. The van der Waals surface area contributed by atoms with E-state index in [1.54, 1.807) is 22.9 Å². The average molecular weight is 437 g/mol. The van der Waals surface area contributed by atoms with E-state index in [-0.39, 0.29) is 11.1 Å². The van der Waals surface area contributed by atoms with Crippen molar-refractivity contribution in [2.45, 2.75) is 25.0 Å². The van der Waals surface area contributed by atoms with Crippen molar-refractivity contribution in [1.82, 2.24) is 14.9 Å². The number of nitrogens with one attached hydrogen (secondary N) is 1. The largest absolute Gasteiger partial charge is 0.354 e. The molecule has 0 saturated heterocycles. The van der Waals surface area contributed by atoms with Gasteiger partial charge in [0.2, 0.25) is 10.0 Å². The zero-order valence-electron chi connectivity index (χ0n) is 14.6. The van der Waals surface area contributed by atoms with Gasteiger partial charge in [0, 0.05) is 11.5 Å². The Morgan fingerprint density at radius 1 is 1.14 bits per heavy atom. The minimum atomic E-state index is -3.43. The Labute approximate surface area is 170 Å². The van der Waals surface area contributed by atoms with Gasteiger partial charge in [-0.25, -0.2) is 13.1 Å². The summed E-state index contributed by atoms with van der Waals surface area (Å²) in [5, 5.41) is 10.5. The molecular formula is C18H14Cl2N4O3S. The smallest absolute Gasteiger partial charge is 0.236 e. The lowest BCUT2D eigenvalue weighted by Crippen LogP contribution is -2.17. The van der Waals surface area contributed by atoms with Crippen LogP contribution in [0.5, 0.6) is 0 Å². The van der Waals surface area contributed by atoms with Crippen LogP contribution in [0.25, 0.3) is 27.6 Å². The van der Waals surface area contributed by atoms with Gasteiger partial charge in [-0.1, -0.05) is 28.4 Å². The van der Waals surface area contributed by atoms with Gasteiger partial charge in [0.05, 0.1) is 37.6 Å². The monoisotopic (exact) mass is 436 g/mol. The Balaban J connectivity index is 1.66. The second-order valence-electron chi connectivity index (χ2n) is 6.84. The van der Waals surface area contributed by atoms with Gasteiger partial charge in [-0.05, 0) is 44.0 Å². The van der Waals surface area contributed by atoms with Crippen molar-refractivity contribution >= 4 is 60.9 Å². The number of aryl methyl sites for hydroxylation is 1. The van der Waals surface area contributed by atoms with E-state index in [1.165, 1.54) is 0 Å². The predicted octanol–water partition coefficient (Wildman–Crippen LogP) is 4.69. The SMILES string of the molecule is Cc1nn(-c2ccc(Cl)c(Cl)c2)c2cc3onc(NS(=O)(=O)C4CC4)c3cc12. The van der Waals surface area contributed by atoms with E-state index < -0.39 is 10.0 Å². The number of anilines is 1. The van der Waals surface area contributed by atoms with Crippen LogP contribution in [-0.4, -0.2) is 28.6 Å². The lowest BCUT2D eigenvalue weighted by atomic mass is 10.1. The first-order valence-corrected chi connectivity index (χ1v) is 10.9. The summed E-state index contributed by atoms with van der Waals surface area (Å²) >= 11 is 12.2. The van der Waals surface area contributed by atoms with Crippen LogP contribution in [0, 0.1) is 6.92 Å². The number of rotatable bonds is 4. The summed E-state index contributed by atoms with van der Waals surface area (Å²) in [5.74, 6) is 0.200. The van der Waals surface area contributed by atoms with Crippen molar-refractivity contribution in [3.05, 3.63) is 46.1 Å². The molecule has 1 aliphatic carbocycles. The summed E-state index contributed by atoms with van der Waals surface area (Å²) in [7, 11) is -3.43. The fourth-order valence-corrected chi connectivity index (χ4v) is 4.81.